The monoisotopic (exact) mass is 297 g/mol. The van der Waals surface area contributed by atoms with Gasteiger partial charge in [-0.1, -0.05) is 30.3 Å². The summed E-state index contributed by atoms with van der Waals surface area (Å²) in [6.07, 6.45) is 4.15. The molecule has 0 spiro atoms. The number of aromatic nitrogens is 4. The van der Waals surface area contributed by atoms with E-state index in [4.69, 9.17) is 5.73 Å². The minimum atomic E-state index is -0.148. The number of aromatic amines is 1. The van der Waals surface area contributed by atoms with Gasteiger partial charge in [0.05, 0.1) is 6.33 Å². The third kappa shape index (κ3) is 3.07. The van der Waals surface area contributed by atoms with Crippen LogP contribution in [-0.2, 0) is 19.4 Å². The van der Waals surface area contributed by atoms with Crippen LogP contribution in [0.2, 0.25) is 0 Å². The molecule has 22 heavy (non-hydrogen) atoms. The number of nitrogens with zero attached hydrogens (tertiary/aromatic N) is 3. The zero-order valence-corrected chi connectivity index (χ0v) is 12.3. The van der Waals surface area contributed by atoms with Crippen LogP contribution in [0.15, 0.2) is 41.5 Å². The summed E-state index contributed by atoms with van der Waals surface area (Å²) in [5, 5.41) is 0. The molecule has 2 heterocycles. The maximum Gasteiger partial charge on any atom is 0.277 e. The fourth-order valence-corrected chi connectivity index (χ4v) is 2.55. The van der Waals surface area contributed by atoms with Gasteiger partial charge in [-0.15, -0.1) is 0 Å². The molecule has 3 rings (SSSR count). The molecule has 0 fully saturated rings. The first-order chi connectivity index (χ1) is 10.8. The van der Waals surface area contributed by atoms with Gasteiger partial charge >= 0.3 is 0 Å². The first-order valence-electron chi connectivity index (χ1n) is 7.46. The number of nitrogens with one attached hydrogen (secondary N) is 1. The second kappa shape index (κ2) is 6.53. The van der Waals surface area contributed by atoms with Crippen molar-refractivity contribution in [2.24, 2.45) is 5.73 Å². The molecule has 0 saturated heterocycles. The minimum Gasteiger partial charge on any atom is -0.330 e. The quantitative estimate of drug-likeness (QED) is 0.716. The number of aryl methyl sites for hydroxylation is 2. The summed E-state index contributed by atoms with van der Waals surface area (Å²) in [4.78, 5) is 23.6. The SMILES string of the molecule is NCCc1nc2ncn(CCCc3ccccc3)c2c(=O)[nH]1. The maximum atomic E-state index is 12.2. The van der Waals surface area contributed by atoms with Gasteiger partial charge < -0.3 is 15.3 Å². The molecular weight excluding hydrogens is 278 g/mol. The van der Waals surface area contributed by atoms with E-state index in [1.54, 1.807) is 6.33 Å². The van der Waals surface area contributed by atoms with Gasteiger partial charge in [0.1, 0.15) is 5.82 Å². The van der Waals surface area contributed by atoms with Crippen molar-refractivity contribution in [1.29, 1.82) is 0 Å². The number of fused-ring (bicyclic) bond motifs is 1. The molecule has 6 nitrogen and oxygen atoms in total. The largest absolute Gasteiger partial charge is 0.330 e. The Labute approximate surface area is 128 Å². The molecule has 3 N–H and O–H groups in total. The van der Waals surface area contributed by atoms with Gasteiger partial charge in [-0.2, -0.15) is 0 Å². The Balaban J connectivity index is 1.76. The van der Waals surface area contributed by atoms with Crippen LogP contribution in [-0.4, -0.2) is 26.1 Å². The van der Waals surface area contributed by atoms with Crippen LogP contribution in [0.5, 0.6) is 0 Å². The Morgan fingerprint density at radius 1 is 1.18 bits per heavy atom. The van der Waals surface area contributed by atoms with Crippen molar-refractivity contribution in [2.75, 3.05) is 6.54 Å². The average Bonchev–Trinajstić information content (AvgIpc) is 2.92. The molecule has 0 bridgehead atoms. The second-order valence-corrected chi connectivity index (χ2v) is 5.25. The highest BCUT2D eigenvalue weighted by Crippen LogP contribution is 2.09. The number of hydrogen-bond acceptors (Lipinski definition) is 4. The lowest BCUT2D eigenvalue weighted by Gasteiger charge is -2.04. The summed E-state index contributed by atoms with van der Waals surface area (Å²) in [7, 11) is 0. The first-order valence-corrected chi connectivity index (χ1v) is 7.46. The molecule has 1 aromatic carbocycles. The van der Waals surface area contributed by atoms with Crippen LogP contribution in [0.1, 0.15) is 17.8 Å². The number of rotatable bonds is 6. The summed E-state index contributed by atoms with van der Waals surface area (Å²) >= 11 is 0. The third-order valence-corrected chi connectivity index (χ3v) is 3.62. The van der Waals surface area contributed by atoms with E-state index in [9.17, 15) is 4.79 Å². The highest BCUT2D eigenvalue weighted by molar-refractivity contribution is 5.69. The van der Waals surface area contributed by atoms with E-state index in [-0.39, 0.29) is 5.56 Å². The lowest BCUT2D eigenvalue weighted by atomic mass is 10.1. The molecule has 0 atom stereocenters. The van der Waals surface area contributed by atoms with Crippen molar-refractivity contribution in [2.45, 2.75) is 25.8 Å². The van der Waals surface area contributed by atoms with E-state index in [0.29, 0.717) is 30.0 Å². The van der Waals surface area contributed by atoms with Crippen LogP contribution in [0.25, 0.3) is 11.2 Å². The number of imidazole rings is 1. The van der Waals surface area contributed by atoms with Crippen molar-refractivity contribution in [1.82, 2.24) is 19.5 Å². The lowest BCUT2D eigenvalue weighted by molar-refractivity contribution is 0.655. The van der Waals surface area contributed by atoms with E-state index in [2.05, 4.69) is 27.1 Å². The lowest BCUT2D eigenvalue weighted by Crippen LogP contribution is -2.17. The number of H-pyrrole nitrogens is 1. The predicted molar refractivity (Wildman–Crippen MR) is 85.7 cm³/mol. The highest BCUT2D eigenvalue weighted by atomic mass is 16.1. The molecule has 0 aliphatic heterocycles. The number of benzene rings is 1. The van der Waals surface area contributed by atoms with Crippen molar-refractivity contribution in [3.63, 3.8) is 0 Å². The van der Waals surface area contributed by atoms with Crippen molar-refractivity contribution in [3.8, 4) is 0 Å². The molecule has 3 aromatic rings. The van der Waals surface area contributed by atoms with Gasteiger partial charge in [-0.25, -0.2) is 9.97 Å². The average molecular weight is 297 g/mol. The molecule has 0 unspecified atom stereocenters. The fraction of sp³-hybridized carbons (Fsp3) is 0.312. The summed E-state index contributed by atoms with van der Waals surface area (Å²) in [5.74, 6) is 0.592. The van der Waals surface area contributed by atoms with Crippen molar-refractivity contribution < 1.29 is 0 Å². The molecule has 0 radical (unpaired) electrons. The topological polar surface area (TPSA) is 89.6 Å². The van der Waals surface area contributed by atoms with Gasteiger partial charge in [0, 0.05) is 13.0 Å². The van der Waals surface area contributed by atoms with E-state index in [1.807, 2.05) is 22.8 Å². The Bertz CT molecular complexity index is 806. The molecule has 0 aliphatic carbocycles. The second-order valence-electron chi connectivity index (χ2n) is 5.25. The van der Waals surface area contributed by atoms with Crippen LogP contribution in [0, 0.1) is 0 Å². The summed E-state index contributed by atoms with van der Waals surface area (Å²) in [6, 6.07) is 10.3. The third-order valence-electron chi connectivity index (χ3n) is 3.62. The van der Waals surface area contributed by atoms with Crippen molar-refractivity contribution >= 4 is 11.2 Å². The molecular formula is C16H19N5O. The molecule has 6 heteroatoms. The van der Waals surface area contributed by atoms with Crippen LogP contribution in [0.4, 0.5) is 0 Å². The Kier molecular flexibility index (Phi) is 4.29. The predicted octanol–water partition coefficient (Wildman–Crippen LogP) is 1.25. The minimum absolute atomic E-state index is 0.148. The van der Waals surface area contributed by atoms with Crippen molar-refractivity contribution in [3.05, 3.63) is 58.4 Å². The normalized spacial score (nSPS) is 11.1. The molecule has 0 amide bonds. The summed E-state index contributed by atoms with van der Waals surface area (Å²) in [5.41, 5.74) is 7.67. The first kappa shape index (κ1) is 14.5. The Morgan fingerprint density at radius 2 is 2.00 bits per heavy atom. The molecule has 0 saturated carbocycles. The van der Waals surface area contributed by atoms with Gasteiger partial charge in [-0.05, 0) is 24.9 Å². The van der Waals surface area contributed by atoms with Gasteiger partial charge in [0.2, 0.25) is 0 Å². The standard InChI is InChI=1S/C16H19N5O/c17-9-8-13-19-15-14(16(22)20-13)21(11-18-15)10-4-7-12-5-2-1-3-6-12/h1-3,5-6,11H,4,7-10,17H2,(H,19,20,22). The molecule has 0 aliphatic rings. The Morgan fingerprint density at radius 3 is 2.77 bits per heavy atom. The summed E-state index contributed by atoms with van der Waals surface area (Å²) in [6.45, 7) is 1.19. The summed E-state index contributed by atoms with van der Waals surface area (Å²) < 4.78 is 1.87. The maximum absolute atomic E-state index is 12.2. The zero-order valence-electron chi connectivity index (χ0n) is 12.3. The smallest absolute Gasteiger partial charge is 0.277 e. The zero-order chi connectivity index (χ0) is 15.4. The number of hydrogen-bond donors (Lipinski definition) is 2. The number of nitrogens with two attached hydrogens (primary N) is 1. The van der Waals surface area contributed by atoms with E-state index >= 15 is 0 Å². The van der Waals surface area contributed by atoms with Gasteiger partial charge in [-0.3, -0.25) is 4.79 Å². The van der Waals surface area contributed by atoms with Crippen LogP contribution in [0.3, 0.4) is 0 Å². The Hall–Kier alpha value is -2.47. The van der Waals surface area contributed by atoms with Gasteiger partial charge in [0.15, 0.2) is 11.2 Å². The van der Waals surface area contributed by atoms with Crippen LogP contribution >= 0.6 is 0 Å². The van der Waals surface area contributed by atoms with Gasteiger partial charge in [0.25, 0.3) is 5.56 Å². The van der Waals surface area contributed by atoms with Crippen LogP contribution < -0.4 is 11.3 Å². The molecule has 114 valence electrons. The fourth-order valence-electron chi connectivity index (χ4n) is 2.55. The highest BCUT2D eigenvalue weighted by Gasteiger charge is 2.10. The van der Waals surface area contributed by atoms with E-state index in [1.165, 1.54) is 5.56 Å². The van der Waals surface area contributed by atoms with E-state index < -0.39 is 0 Å². The van der Waals surface area contributed by atoms with E-state index in [0.717, 1.165) is 19.4 Å². The molecule has 2 aromatic heterocycles.